The van der Waals surface area contributed by atoms with Gasteiger partial charge in [-0.1, -0.05) is 37.9 Å². The fourth-order valence-corrected chi connectivity index (χ4v) is 5.42. The van der Waals surface area contributed by atoms with Crippen molar-refractivity contribution in [1.82, 2.24) is 15.1 Å². The van der Waals surface area contributed by atoms with Crippen molar-refractivity contribution in [2.24, 2.45) is 11.8 Å². The number of hydrogen-bond donors (Lipinski definition) is 1. The van der Waals surface area contributed by atoms with Gasteiger partial charge in [0.25, 0.3) is 5.91 Å². The number of hydrogen-bond acceptors (Lipinski definition) is 4. The molecule has 1 aromatic rings. The number of urea groups is 1. The summed E-state index contributed by atoms with van der Waals surface area (Å²) in [5.41, 5.74) is -0.749. The molecule has 3 rings (SSSR count). The van der Waals surface area contributed by atoms with Gasteiger partial charge >= 0.3 is 6.03 Å². The van der Waals surface area contributed by atoms with E-state index < -0.39 is 5.54 Å². The third kappa shape index (κ3) is 3.42. The minimum absolute atomic E-state index is 0.0829. The van der Waals surface area contributed by atoms with E-state index in [-0.39, 0.29) is 30.4 Å². The Morgan fingerprint density at radius 3 is 2.65 bits per heavy atom. The van der Waals surface area contributed by atoms with Crippen LogP contribution in [0.25, 0.3) is 0 Å². The van der Waals surface area contributed by atoms with Crippen LogP contribution in [0.5, 0.6) is 0 Å². The van der Waals surface area contributed by atoms with Crippen molar-refractivity contribution in [3.63, 3.8) is 0 Å². The topological polar surface area (TPSA) is 52.6 Å². The summed E-state index contributed by atoms with van der Waals surface area (Å²) >= 11 is 7.53. The Kier molecular flexibility index (Phi) is 5.75. The van der Waals surface area contributed by atoms with Gasteiger partial charge in [0.1, 0.15) is 5.54 Å². The Morgan fingerprint density at radius 1 is 1.38 bits per heavy atom. The van der Waals surface area contributed by atoms with Gasteiger partial charge in [0, 0.05) is 18.0 Å². The zero-order valence-corrected chi connectivity index (χ0v) is 16.9. The zero-order chi connectivity index (χ0) is 18.9. The Morgan fingerprint density at radius 2 is 2.08 bits per heavy atom. The molecule has 1 aliphatic heterocycles. The van der Waals surface area contributed by atoms with Crippen molar-refractivity contribution in [2.45, 2.75) is 45.2 Å². The van der Waals surface area contributed by atoms with Gasteiger partial charge in [-0.3, -0.25) is 9.69 Å². The van der Waals surface area contributed by atoms with E-state index in [0.717, 1.165) is 28.5 Å². The molecule has 2 fully saturated rings. The molecule has 1 N–H and O–H groups in total. The summed E-state index contributed by atoms with van der Waals surface area (Å²) < 4.78 is 0.734. The number of halogens is 1. The quantitative estimate of drug-likeness (QED) is 0.583. The van der Waals surface area contributed by atoms with E-state index >= 15 is 0 Å². The number of rotatable bonds is 6. The van der Waals surface area contributed by atoms with Crippen molar-refractivity contribution in [3.05, 3.63) is 34.0 Å². The standard InChI is InChI=1S/C19H26ClN3O2S/c1-4-10-22(11-15-8-9-16(20)26-15)12-23-17(24)19(21-18(23)25)13(2)6-5-7-14(19)3/h4,8-9,13-14H,1,5-7,10-12H2,2-3H3,(H,21,25). The zero-order valence-electron chi connectivity index (χ0n) is 15.3. The van der Waals surface area contributed by atoms with E-state index in [2.05, 4.69) is 25.7 Å². The van der Waals surface area contributed by atoms with Crippen molar-refractivity contribution in [3.8, 4) is 0 Å². The van der Waals surface area contributed by atoms with Crippen LogP contribution in [0, 0.1) is 11.8 Å². The Bertz CT molecular complexity index is 695. The van der Waals surface area contributed by atoms with Gasteiger partial charge in [0.15, 0.2) is 0 Å². The molecule has 26 heavy (non-hydrogen) atoms. The summed E-state index contributed by atoms with van der Waals surface area (Å²) in [5, 5.41) is 3.05. The molecule has 5 nitrogen and oxygen atoms in total. The number of amides is 3. The first-order valence-corrected chi connectivity index (χ1v) is 10.3. The van der Waals surface area contributed by atoms with Crippen LogP contribution in [0.4, 0.5) is 4.79 Å². The van der Waals surface area contributed by atoms with Crippen LogP contribution in [0.1, 0.15) is 38.0 Å². The molecule has 3 amide bonds. The van der Waals surface area contributed by atoms with Crippen molar-refractivity contribution >= 4 is 34.9 Å². The molecule has 2 heterocycles. The predicted octanol–water partition coefficient (Wildman–Crippen LogP) is 4.09. The maximum atomic E-state index is 13.3. The van der Waals surface area contributed by atoms with Crippen LogP contribution in [-0.2, 0) is 11.3 Å². The molecule has 1 saturated heterocycles. The van der Waals surface area contributed by atoms with Crippen molar-refractivity contribution < 1.29 is 9.59 Å². The fourth-order valence-electron chi connectivity index (χ4n) is 4.29. The molecule has 2 unspecified atom stereocenters. The van der Waals surface area contributed by atoms with Crippen molar-refractivity contribution in [2.75, 3.05) is 13.2 Å². The molecular weight excluding hydrogens is 370 g/mol. The second-order valence-electron chi connectivity index (χ2n) is 7.41. The molecule has 142 valence electrons. The number of imide groups is 1. The number of thiophene rings is 1. The first-order valence-electron chi connectivity index (χ1n) is 9.10. The van der Waals surface area contributed by atoms with Crippen LogP contribution in [-0.4, -0.2) is 40.5 Å². The second-order valence-corrected chi connectivity index (χ2v) is 9.21. The summed E-state index contributed by atoms with van der Waals surface area (Å²) in [7, 11) is 0. The minimum Gasteiger partial charge on any atom is -0.323 e. The van der Waals surface area contributed by atoms with E-state index in [9.17, 15) is 9.59 Å². The Hall–Kier alpha value is -1.37. The van der Waals surface area contributed by atoms with Gasteiger partial charge in [-0.15, -0.1) is 17.9 Å². The third-order valence-corrected chi connectivity index (χ3v) is 6.94. The van der Waals surface area contributed by atoms with E-state index in [1.54, 1.807) is 6.08 Å². The summed E-state index contributed by atoms with van der Waals surface area (Å²) in [5.74, 6) is 0.216. The van der Waals surface area contributed by atoms with Gasteiger partial charge in [-0.2, -0.15) is 0 Å². The highest BCUT2D eigenvalue weighted by Gasteiger charge is 2.58. The van der Waals surface area contributed by atoms with Gasteiger partial charge < -0.3 is 5.32 Å². The first kappa shape index (κ1) is 19.4. The lowest BCUT2D eigenvalue weighted by molar-refractivity contribution is -0.138. The van der Waals surface area contributed by atoms with Gasteiger partial charge in [-0.05, 0) is 36.8 Å². The molecule has 2 atom stereocenters. The fraction of sp³-hybridized carbons (Fsp3) is 0.579. The number of nitrogens with zero attached hydrogens (tertiary/aromatic N) is 2. The molecule has 0 radical (unpaired) electrons. The Labute approximate surface area is 164 Å². The van der Waals surface area contributed by atoms with E-state index in [4.69, 9.17) is 11.6 Å². The third-order valence-electron chi connectivity index (χ3n) is 5.72. The average molecular weight is 396 g/mol. The largest absolute Gasteiger partial charge is 0.326 e. The second kappa shape index (κ2) is 7.71. The highest BCUT2D eigenvalue weighted by Crippen LogP contribution is 2.42. The maximum absolute atomic E-state index is 13.3. The van der Waals surface area contributed by atoms with Crippen LogP contribution in [0.2, 0.25) is 4.34 Å². The molecule has 2 aliphatic rings. The van der Waals surface area contributed by atoms with E-state index in [0.29, 0.717) is 13.1 Å². The summed E-state index contributed by atoms with van der Waals surface area (Å²) in [4.78, 5) is 30.4. The summed E-state index contributed by atoms with van der Waals surface area (Å²) in [6.45, 7) is 9.42. The van der Waals surface area contributed by atoms with Crippen LogP contribution >= 0.6 is 22.9 Å². The first-order chi connectivity index (χ1) is 12.4. The molecule has 1 spiro atoms. The Balaban J connectivity index is 1.77. The molecular formula is C19H26ClN3O2S. The predicted molar refractivity (Wildman–Crippen MR) is 105 cm³/mol. The number of carbonyl (C=O) groups excluding carboxylic acids is 2. The number of nitrogens with one attached hydrogen (secondary N) is 1. The van der Waals surface area contributed by atoms with E-state index in [1.165, 1.54) is 16.2 Å². The molecule has 7 heteroatoms. The monoisotopic (exact) mass is 395 g/mol. The minimum atomic E-state index is -0.749. The smallest absolute Gasteiger partial charge is 0.323 e. The molecule has 0 aromatic carbocycles. The van der Waals surface area contributed by atoms with Crippen LogP contribution in [0.3, 0.4) is 0 Å². The molecule has 1 aromatic heterocycles. The normalized spacial score (nSPS) is 28.8. The van der Waals surface area contributed by atoms with Crippen LogP contribution in [0.15, 0.2) is 24.8 Å². The van der Waals surface area contributed by atoms with Crippen LogP contribution < -0.4 is 5.32 Å². The SMILES string of the molecule is C=CCN(Cc1ccc(Cl)s1)CN1C(=O)NC2(C1=O)C(C)CCCC2C. The molecule has 1 aliphatic carbocycles. The summed E-state index contributed by atoms with van der Waals surface area (Å²) in [6.07, 6.45) is 4.83. The van der Waals surface area contributed by atoms with Gasteiger partial charge in [-0.25, -0.2) is 9.69 Å². The molecule has 1 saturated carbocycles. The van der Waals surface area contributed by atoms with Gasteiger partial charge in [0.2, 0.25) is 0 Å². The lowest BCUT2D eigenvalue weighted by Crippen LogP contribution is -2.59. The summed E-state index contributed by atoms with van der Waals surface area (Å²) in [6, 6.07) is 3.55. The lowest BCUT2D eigenvalue weighted by atomic mass is 9.67. The molecule has 0 bridgehead atoms. The lowest BCUT2D eigenvalue weighted by Gasteiger charge is -2.42. The number of carbonyl (C=O) groups is 2. The maximum Gasteiger partial charge on any atom is 0.326 e. The van der Waals surface area contributed by atoms with Crippen molar-refractivity contribution in [1.29, 1.82) is 0 Å². The van der Waals surface area contributed by atoms with Gasteiger partial charge in [0.05, 0.1) is 11.0 Å². The average Bonchev–Trinajstić information content (AvgIpc) is 3.10. The highest BCUT2D eigenvalue weighted by molar-refractivity contribution is 7.16. The highest BCUT2D eigenvalue weighted by atomic mass is 35.5. The van der Waals surface area contributed by atoms with E-state index in [1.807, 2.05) is 17.0 Å².